The van der Waals surface area contributed by atoms with Gasteiger partial charge in [0.05, 0.1) is 18.4 Å². The predicted octanol–water partition coefficient (Wildman–Crippen LogP) is 0.535. The van der Waals surface area contributed by atoms with Crippen LogP contribution in [0.3, 0.4) is 0 Å². The molecular weight excluding hydrogens is 370 g/mol. The molecule has 0 amide bonds. The fourth-order valence-corrected chi connectivity index (χ4v) is 4.19. The summed E-state index contributed by atoms with van der Waals surface area (Å²) >= 11 is 0. The normalized spacial score (nSPS) is 17.3. The van der Waals surface area contributed by atoms with Crippen molar-refractivity contribution in [2.24, 2.45) is 0 Å². The summed E-state index contributed by atoms with van der Waals surface area (Å²) in [6, 6.07) is 3.32. The predicted molar refractivity (Wildman–Crippen MR) is 98.9 cm³/mol. The van der Waals surface area contributed by atoms with Gasteiger partial charge in [-0.1, -0.05) is 25.9 Å². The van der Waals surface area contributed by atoms with Crippen LogP contribution in [0.2, 0.25) is 0 Å². The second-order valence-electron chi connectivity index (χ2n) is 7.64. The van der Waals surface area contributed by atoms with Crippen molar-refractivity contribution >= 4 is 10.0 Å². The van der Waals surface area contributed by atoms with Crippen molar-refractivity contribution in [3.63, 3.8) is 0 Å². The van der Waals surface area contributed by atoms with Crippen LogP contribution in [0.4, 0.5) is 0 Å². The highest BCUT2D eigenvalue weighted by Crippen LogP contribution is 2.18. The number of hydrogen-bond donors (Lipinski definition) is 0. The number of nitrogens with zero attached hydrogens (tertiary/aromatic N) is 5. The highest BCUT2D eigenvalue weighted by Gasteiger charge is 2.29. The minimum absolute atomic E-state index is 0.0747. The monoisotopic (exact) mass is 395 g/mol. The maximum absolute atomic E-state index is 12.5. The van der Waals surface area contributed by atoms with Crippen LogP contribution in [-0.4, -0.2) is 65.3 Å². The summed E-state index contributed by atoms with van der Waals surface area (Å²) in [5.41, 5.74) is 0.612. The third-order valence-electron chi connectivity index (χ3n) is 4.64. The van der Waals surface area contributed by atoms with E-state index >= 15 is 0 Å². The van der Waals surface area contributed by atoms with E-state index in [9.17, 15) is 13.2 Å². The smallest absolute Gasteiger partial charge is 0.266 e. The fraction of sp³-hybridized carbons (Fsp3) is 0.588. The van der Waals surface area contributed by atoms with Gasteiger partial charge in [0, 0.05) is 44.2 Å². The summed E-state index contributed by atoms with van der Waals surface area (Å²) in [7, 11) is -3.56. The van der Waals surface area contributed by atoms with Crippen molar-refractivity contribution in [1.82, 2.24) is 24.1 Å². The van der Waals surface area contributed by atoms with Crippen LogP contribution >= 0.6 is 0 Å². The Morgan fingerprint density at radius 3 is 2.41 bits per heavy atom. The zero-order valence-electron chi connectivity index (χ0n) is 15.8. The maximum Gasteiger partial charge on any atom is 0.266 e. The van der Waals surface area contributed by atoms with Crippen LogP contribution in [-0.2, 0) is 22.0 Å². The Hall–Kier alpha value is -2.04. The van der Waals surface area contributed by atoms with E-state index in [4.69, 9.17) is 0 Å². The first-order valence-corrected chi connectivity index (χ1v) is 10.3. The number of hydrogen-bond acceptors (Lipinski definition) is 7. The summed E-state index contributed by atoms with van der Waals surface area (Å²) in [5.74, 6) is 0. The Kier molecular flexibility index (Phi) is 5.50. The zero-order valence-corrected chi connectivity index (χ0v) is 16.6. The molecule has 0 atom stereocenters. The van der Waals surface area contributed by atoms with Crippen LogP contribution in [0.25, 0.3) is 0 Å². The molecule has 0 unspecified atom stereocenters. The van der Waals surface area contributed by atoms with Crippen LogP contribution in [0.5, 0.6) is 0 Å². The number of sulfonamides is 1. The molecule has 1 aliphatic rings. The lowest BCUT2D eigenvalue weighted by molar-refractivity contribution is 0.179. The lowest BCUT2D eigenvalue weighted by Crippen LogP contribution is -2.49. The first-order chi connectivity index (χ1) is 12.7. The Labute approximate surface area is 158 Å². The molecule has 0 radical (unpaired) electrons. The van der Waals surface area contributed by atoms with Gasteiger partial charge in [-0.15, -0.1) is 0 Å². The molecule has 0 spiro atoms. The Bertz CT molecular complexity index is 923. The summed E-state index contributed by atoms with van der Waals surface area (Å²) in [5, 5.41) is 7.93. The topological polar surface area (TPSA) is 102 Å². The quantitative estimate of drug-likeness (QED) is 0.728. The molecule has 1 aliphatic heterocycles. The molecule has 10 heteroatoms. The van der Waals surface area contributed by atoms with Gasteiger partial charge in [0.15, 0.2) is 0 Å². The molecule has 0 aliphatic carbocycles. The van der Waals surface area contributed by atoms with Gasteiger partial charge in [0.25, 0.3) is 5.56 Å². The van der Waals surface area contributed by atoms with E-state index < -0.39 is 10.0 Å². The molecule has 0 saturated carbocycles. The molecule has 2 aromatic rings. The van der Waals surface area contributed by atoms with Gasteiger partial charge in [0.2, 0.25) is 10.0 Å². The van der Waals surface area contributed by atoms with Crippen molar-refractivity contribution in [1.29, 1.82) is 0 Å². The van der Waals surface area contributed by atoms with Gasteiger partial charge < -0.3 is 4.52 Å². The minimum Gasteiger partial charge on any atom is -0.363 e. The molecule has 3 rings (SSSR count). The molecule has 1 saturated heterocycles. The van der Waals surface area contributed by atoms with Gasteiger partial charge >= 0.3 is 0 Å². The largest absolute Gasteiger partial charge is 0.363 e. The average molecular weight is 395 g/mol. The van der Waals surface area contributed by atoms with E-state index in [1.807, 2.05) is 0 Å². The number of piperazine rings is 1. The van der Waals surface area contributed by atoms with E-state index in [1.54, 1.807) is 12.1 Å². The molecular formula is C17H25N5O4S. The van der Waals surface area contributed by atoms with Crippen molar-refractivity contribution < 1.29 is 12.9 Å². The molecule has 27 heavy (non-hydrogen) atoms. The van der Waals surface area contributed by atoms with Crippen LogP contribution < -0.4 is 5.56 Å². The van der Waals surface area contributed by atoms with Gasteiger partial charge in [-0.25, -0.2) is 13.1 Å². The van der Waals surface area contributed by atoms with Gasteiger partial charge in [0.1, 0.15) is 11.2 Å². The molecule has 148 valence electrons. The van der Waals surface area contributed by atoms with Gasteiger partial charge in [-0.3, -0.25) is 9.69 Å². The fourth-order valence-electron chi connectivity index (χ4n) is 2.91. The summed E-state index contributed by atoms with van der Waals surface area (Å²) in [6.45, 7) is 9.24. The van der Waals surface area contributed by atoms with Gasteiger partial charge in [-0.2, -0.15) is 9.40 Å². The van der Waals surface area contributed by atoms with Gasteiger partial charge in [-0.05, 0) is 6.07 Å². The molecule has 0 bridgehead atoms. The van der Waals surface area contributed by atoms with E-state index in [0.717, 1.165) is 12.0 Å². The van der Waals surface area contributed by atoms with Crippen LogP contribution in [0, 0.1) is 0 Å². The first kappa shape index (κ1) is 19.7. The standard InChI is InChI=1S/C17H25N5O4S/c1-17(2,3)15-4-5-16(23)22(19-15)11-8-20-6-9-21(10-7-20)27(24,25)14-12-18-26-13-14/h4-5,12-13H,6-11H2,1-3H3. The van der Waals surface area contributed by atoms with E-state index in [-0.39, 0.29) is 15.9 Å². The lowest BCUT2D eigenvalue weighted by Gasteiger charge is -2.33. The molecule has 1 fully saturated rings. The third-order valence-corrected chi connectivity index (χ3v) is 6.48. The lowest BCUT2D eigenvalue weighted by atomic mass is 9.92. The van der Waals surface area contributed by atoms with Crippen molar-refractivity contribution in [3.05, 3.63) is 40.6 Å². The van der Waals surface area contributed by atoms with Crippen LogP contribution in [0.1, 0.15) is 26.5 Å². The van der Waals surface area contributed by atoms with Crippen molar-refractivity contribution in [2.45, 2.75) is 37.6 Å². The molecule has 9 nitrogen and oxygen atoms in total. The van der Waals surface area contributed by atoms with E-state index in [0.29, 0.717) is 39.3 Å². The Balaban J connectivity index is 1.58. The zero-order chi connectivity index (χ0) is 19.7. The average Bonchev–Trinajstić information content (AvgIpc) is 3.16. The summed E-state index contributed by atoms with van der Waals surface area (Å²) < 4.78 is 32.5. The second kappa shape index (κ2) is 7.53. The third kappa shape index (κ3) is 4.45. The van der Waals surface area contributed by atoms with Crippen LogP contribution in [0.15, 0.2) is 38.8 Å². The Morgan fingerprint density at radius 1 is 1.11 bits per heavy atom. The number of rotatable bonds is 5. The Morgan fingerprint density at radius 2 is 1.81 bits per heavy atom. The molecule has 0 aromatic carbocycles. The molecule has 0 N–H and O–H groups in total. The molecule has 2 aromatic heterocycles. The minimum atomic E-state index is -3.56. The highest BCUT2D eigenvalue weighted by atomic mass is 32.2. The summed E-state index contributed by atoms with van der Waals surface area (Å²) in [4.78, 5) is 14.3. The van der Waals surface area contributed by atoms with Crippen molar-refractivity contribution in [3.8, 4) is 0 Å². The van der Waals surface area contributed by atoms with E-state index in [1.165, 1.54) is 15.2 Å². The van der Waals surface area contributed by atoms with E-state index in [2.05, 4.69) is 40.4 Å². The van der Waals surface area contributed by atoms with Crippen molar-refractivity contribution in [2.75, 3.05) is 32.7 Å². The molecule has 3 heterocycles. The number of aromatic nitrogens is 3. The summed E-state index contributed by atoms with van der Waals surface area (Å²) in [6.07, 6.45) is 2.35. The SMILES string of the molecule is CC(C)(C)c1ccc(=O)n(CCN2CCN(S(=O)(=O)c3cnoc3)CC2)n1. The second-order valence-corrected chi connectivity index (χ2v) is 9.57. The first-order valence-electron chi connectivity index (χ1n) is 8.88. The maximum atomic E-state index is 12.5. The highest BCUT2D eigenvalue weighted by molar-refractivity contribution is 7.89.